The summed E-state index contributed by atoms with van der Waals surface area (Å²) in [6.45, 7) is 0. The summed E-state index contributed by atoms with van der Waals surface area (Å²) in [6.07, 6.45) is 4.03. The van der Waals surface area contributed by atoms with Gasteiger partial charge in [0, 0.05) is 6.20 Å². The minimum atomic E-state index is 0.0398. The first kappa shape index (κ1) is 6.61. The van der Waals surface area contributed by atoms with Crippen LogP contribution in [0.1, 0.15) is 18.5 Å². The molecule has 2 heterocycles. The van der Waals surface area contributed by atoms with Gasteiger partial charge in [-0.1, -0.05) is 11.6 Å². The summed E-state index contributed by atoms with van der Waals surface area (Å²) in [5, 5.41) is 0.733. The molecular weight excluding hydrogens is 172 g/mol. The van der Waals surface area contributed by atoms with Crippen molar-refractivity contribution >= 4 is 22.5 Å². The Morgan fingerprint density at radius 1 is 1.42 bits per heavy atom. The lowest BCUT2D eigenvalue weighted by atomic mass is 10.1. The fraction of sp³-hybridized carbons (Fsp3) is 0.333. The van der Waals surface area contributed by atoms with Crippen molar-refractivity contribution in [3.63, 3.8) is 0 Å². The number of fused-ring (bicyclic) bond motifs is 2. The third-order valence-electron chi connectivity index (χ3n) is 2.60. The van der Waals surface area contributed by atoms with Crippen LogP contribution in [0.15, 0.2) is 23.3 Å². The minimum absolute atomic E-state index is 0.0398. The largest absolute Gasteiger partial charge is 0.258 e. The van der Waals surface area contributed by atoms with Gasteiger partial charge in [0.2, 0.25) is 0 Å². The molecule has 60 valence electrons. The zero-order chi connectivity index (χ0) is 8.18. The Bertz CT molecular complexity index is 380. The molecule has 12 heavy (non-hydrogen) atoms. The predicted octanol–water partition coefficient (Wildman–Crippen LogP) is 2.40. The van der Waals surface area contributed by atoms with Crippen molar-refractivity contribution in [3.05, 3.63) is 24.0 Å². The Hall–Kier alpha value is -0.890. The maximum absolute atomic E-state index is 6.04. The summed E-state index contributed by atoms with van der Waals surface area (Å²) >= 11 is 6.04. The van der Waals surface area contributed by atoms with Crippen LogP contribution in [0.25, 0.3) is 0 Å². The molecule has 1 fully saturated rings. The van der Waals surface area contributed by atoms with E-state index >= 15 is 0 Å². The molecule has 0 saturated heterocycles. The van der Waals surface area contributed by atoms with E-state index in [0.717, 1.165) is 29.4 Å². The van der Waals surface area contributed by atoms with Crippen LogP contribution < -0.4 is 0 Å². The molecule has 0 aromatic carbocycles. The van der Waals surface area contributed by atoms with Crippen LogP contribution in [0.3, 0.4) is 0 Å². The molecule has 1 aromatic rings. The van der Waals surface area contributed by atoms with Gasteiger partial charge < -0.3 is 0 Å². The van der Waals surface area contributed by atoms with Gasteiger partial charge in [0.15, 0.2) is 0 Å². The molecule has 0 radical (unpaired) electrons. The van der Waals surface area contributed by atoms with E-state index in [1.54, 1.807) is 0 Å². The van der Waals surface area contributed by atoms with Gasteiger partial charge in [0.05, 0.1) is 16.8 Å². The number of hydrogen-bond donors (Lipinski definition) is 0. The highest BCUT2D eigenvalue weighted by molar-refractivity contribution is 6.68. The van der Waals surface area contributed by atoms with Gasteiger partial charge in [-0.3, -0.25) is 4.98 Å². The van der Waals surface area contributed by atoms with E-state index in [2.05, 4.69) is 9.98 Å². The summed E-state index contributed by atoms with van der Waals surface area (Å²) < 4.78 is 0. The van der Waals surface area contributed by atoms with Crippen molar-refractivity contribution < 1.29 is 0 Å². The Labute approximate surface area is 75.3 Å². The highest BCUT2D eigenvalue weighted by Gasteiger charge is 2.54. The topological polar surface area (TPSA) is 25.2 Å². The van der Waals surface area contributed by atoms with Gasteiger partial charge in [-0.2, -0.15) is 0 Å². The van der Waals surface area contributed by atoms with Crippen LogP contribution in [0.2, 0.25) is 0 Å². The number of rotatable bonds is 0. The Morgan fingerprint density at radius 2 is 2.25 bits per heavy atom. The van der Waals surface area contributed by atoms with Gasteiger partial charge >= 0.3 is 0 Å². The summed E-state index contributed by atoms with van der Waals surface area (Å²) in [4.78, 5) is 8.61. The molecule has 0 bridgehead atoms. The van der Waals surface area contributed by atoms with Gasteiger partial charge in [0.1, 0.15) is 5.17 Å². The summed E-state index contributed by atoms with van der Waals surface area (Å²) in [7, 11) is 0. The molecule has 3 heteroatoms. The number of aromatic nitrogens is 1. The zero-order valence-corrected chi connectivity index (χ0v) is 7.17. The van der Waals surface area contributed by atoms with E-state index in [0.29, 0.717) is 0 Å². The lowest BCUT2D eigenvalue weighted by Crippen LogP contribution is -2.11. The smallest absolute Gasteiger partial charge is 0.119 e. The standard InChI is InChI=1S/C9H7ClN2/c10-8-9(3-4-9)7-6(12-8)2-1-5-11-7/h1-2,5H,3-4H2. The molecule has 1 aliphatic carbocycles. The average molecular weight is 179 g/mol. The molecule has 0 amide bonds. The minimum Gasteiger partial charge on any atom is -0.258 e. The molecule has 2 aliphatic rings. The fourth-order valence-electron chi connectivity index (χ4n) is 1.73. The maximum atomic E-state index is 6.04. The van der Waals surface area contributed by atoms with E-state index in [4.69, 9.17) is 11.6 Å². The van der Waals surface area contributed by atoms with Crippen LogP contribution in [-0.4, -0.2) is 10.2 Å². The first-order valence-corrected chi connectivity index (χ1v) is 4.41. The number of nitrogens with zero attached hydrogens (tertiary/aromatic N) is 2. The molecular formula is C9H7ClN2. The Morgan fingerprint density at radius 3 is 3.00 bits per heavy atom. The van der Waals surface area contributed by atoms with Crippen molar-refractivity contribution in [1.29, 1.82) is 0 Å². The van der Waals surface area contributed by atoms with Crippen molar-refractivity contribution in [3.8, 4) is 0 Å². The first-order valence-electron chi connectivity index (χ1n) is 4.03. The number of pyridine rings is 1. The van der Waals surface area contributed by atoms with Crippen molar-refractivity contribution in [2.45, 2.75) is 18.3 Å². The van der Waals surface area contributed by atoms with E-state index < -0.39 is 0 Å². The van der Waals surface area contributed by atoms with Gasteiger partial charge in [0.25, 0.3) is 0 Å². The highest BCUT2D eigenvalue weighted by Crippen LogP contribution is 2.56. The monoisotopic (exact) mass is 178 g/mol. The van der Waals surface area contributed by atoms with Gasteiger partial charge in [-0.05, 0) is 25.0 Å². The van der Waals surface area contributed by atoms with Crippen molar-refractivity contribution in [2.24, 2.45) is 4.99 Å². The second-order valence-electron chi connectivity index (χ2n) is 3.36. The number of hydrogen-bond acceptors (Lipinski definition) is 2. The second-order valence-corrected chi connectivity index (χ2v) is 3.71. The Kier molecular flexibility index (Phi) is 1.04. The van der Waals surface area contributed by atoms with Gasteiger partial charge in [-0.15, -0.1) is 0 Å². The molecule has 3 rings (SSSR count). The maximum Gasteiger partial charge on any atom is 0.119 e. The predicted molar refractivity (Wildman–Crippen MR) is 48.1 cm³/mol. The third-order valence-corrected chi connectivity index (χ3v) is 3.05. The SMILES string of the molecule is ClC1=Nc2cccnc2C12CC2. The average Bonchev–Trinajstić information content (AvgIpc) is 2.80. The molecule has 0 atom stereocenters. The third kappa shape index (κ3) is 0.619. The van der Waals surface area contributed by atoms with Crippen LogP contribution in [0.4, 0.5) is 5.69 Å². The zero-order valence-electron chi connectivity index (χ0n) is 6.42. The van der Waals surface area contributed by atoms with E-state index in [9.17, 15) is 0 Å². The summed E-state index contributed by atoms with van der Waals surface area (Å²) in [6, 6.07) is 3.87. The van der Waals surface area contributed by atoms with E-state index in [1.165, 1.54) is 0 Å². The Balaban J connectivity index is 2.28. The molecule has 2 nitrogen and oxygen atoms in total. The van der Waals surface area contributed by atoms with Crippen LogP contribution in [-0.2, 0) is 5.41 Å². The molecule has 1 spiro atoms. The second kappa shape index (κ2) is 1.88. The first-order chi connectivity index (χ1) is 5.83. The number of halogens is 1. The van der Waals surface area contributed by atoms with Crippen molar-refractivity contribution in [1.82, 2.24) is 4.98 Å². The highest BCUT2D eigenvalue weighted by atomic mass is 35.5. The lowest BCUT2D eigenvalue weighted by molar-refractivity contribution is 0.929. The fourth-order valence-corrected chi connectivity index (χ4v) is 2.10. The van der Waals surface area contributed by atoms with Gasteiger partial charge in [-0.25, -0.2) is 4.99 Å². The van der Waals surface area contributed by atoms with E-state index in [1.807, 2.05) is 18.3 Å². The van der Waals surface area contributed by atoms with E-state index in [-0.39, 0.29) is 5.41 Å². The molecule has 0 unspecified atom stereocenters. The molecule has 1 aliphatic heterocycles. The normalized spacial score (nSPS) is 22.2. The number of aliphatic imine (C=N–C) groups is 1. The van der Waals surface area contributed by atoms with Crippen LogP contribution >= 0.6 is 11.6 Å². The molecule has 1 aromatic heterocycles. The summed E-state index contributed by atoms with van der Waals surface area (Å²) in [5.74, 6) is 0. The summed E-state index contributed by atoms with van der Waals surface area (Å²) in [5.41, 5.74) is 2.08. The lowest BCUT2D eigenvalue weighted by Gasteiger charge is -2.04. The molecule has 1 saturated carbocycles. The van der Waals surface area contributed by atoms with Crippen LogP contribution in [0, 0.1) is 0 Å². The van der Waals surface area contributed by atoms with Crippen molar-refractivity contribution in [2.75, 3.05) is 0 Å². The van der Waals surface area contributed by atoms with Crippen LogP contribution in [0.5, 0.6) is 0 Å². The quantitative estimate of drug-likeness (QED) is 0.599. The molecule has 0 N–H and O–H groups in total.